The molecule has 116 valence electrons. The molecule has 5 nitrogen and oxygen atoms in total. The number of ether oxygens (including phenoxy) is 1. The van der Waals surface area contributed by atoms with E-state index in [0.29, 0.717) is 5.69 Å². The Morgan fingerprint density at radius 3 is 2.55 bits per heavy atom. The average Bonchev–Trinajstić information content (AvgIpc) is 2.54. The molecular formula is C15H15NO4S2. The summed E-state index contributed by atoms with van der Waals surface area (Å²) in [4.78, 5) is 12.5. The van der Waals surface area contributed by atoms with Crippen LogP contribution in [0.4, 0.5) is 5.69 Å². The zero-order valence-electron chi connectivity index (χ0n) is 12.1. The van der Waals surface area contributed by atoms with Crippen molar-refractivity contribution in [3.05, 3.63) is 54.1 Å². The molecule has 1 N–H and O–H groups in total. The lowest BCUT2D eigenvalue weighted by atomic mass is 10.2. The van der Waals surface area contributed by atoms with Crippen LogP contribution in [0.1, 0.15) is 10.4 Å². The van der Waals surface area contributed by atoms with E-state index in [1.807, 2.05) is 12.3 Å². The molecule has 0 aliphatic heterocycles. The zero-order valence-corrected chi connectivity index (χ0v) is 13.7. The first-order valence-corrected chi connectivity index (χ1v) is 9.03. The summed E-state index contributed by atoms with van der Waals surface area (Å²) in [6.45, 7) is 0. The average molecular weight is 337 g/mol. The van der Waals surface area contributed by atoms with E-state index in [4.69, 9.17) is 0 Å². The smallest absolute Gasteiger partial charge is 0.339 e. The number of methoxy groups -OCH3 is 1. The molecule has 0 heterocycles. The summed E-state index contributed by atoms with van der Waals surface area (Å²) in [5.74, 6) is -0.696. The van der Waals surface area contributed by atoms with Gasteiger partial charge in [0, 0.05) is 10.6 Å². The van der Waals surface area contributed by atoms with Gasteiger partial charge in [0.05, 0.1) is 12.7 Å². The van der Waals surface area contributed by atoms with E-state index in [1.54, 1.807) is 30.3 Å². The summed E-state index contributed by atoms with van der Waals surface area (Å²) in [6.07, 6.45) is 1.90. The number of carbonyl (C=O) groups excluding carboxylic acids is 1. The van der Waals surface area contributed by atoms with Crippen molar-refractivity contribution in [2.24, 2.45) is 0 Å². The highest BCUT2D eigenvalue weighted by Crippen LogP contribution is 2.23. The Balaban J connectivity index is 2.41. The van der Waals surface area contributed by atoms with E-state index >= 15 is 0 Å². The van der Waals surface area contributed by atoms with Gasteiger partial charge in [-0.1, -0.05) is 18.2 Å². The largest absolute Gasteiger partial charge is 0.465 e. The van der Waals surface area contributed by atoms with E-state index in [0.717, 1.165) is 4.90 Å². The molecular weight excluding hydrogens is 322 g/mol. The Morgan fingerprint density at radius 2 is 1.86 bits per heavy atom. The van der Waals surface area contributed by atoms with Crippen LogP contribution in [-0.2, 0) is 14.8 Å². The van der Waals surface area contributed by atoms with Crippen LogP contribution < -0.4 is 4.72 Å². The molecule has 0 bridgehead atoms. The van der Waals surface area contributed by atoms with Gasteiger partial charge < -0.3 is 4.74 Å². The van der Waals surface area contributed by atoms with Crippen molar-refractivity contribution in [1.82, 2.24) is 0 Å². The van der Waals surface area contributed by atoms with Crippen LogP contribution in [0.25, 0.3) is 0 Å². The molecule has 0 saturated heterocycles. The summed E-state index contributed by atoms with van der Waals surface area (Å²) >= 11 is 1.51. The number of benzene rings is 2. The van der Waals surface area contributed by atoms with Gasteiger partial charge in [-0.05, 0) is 36.6 Å². The number of carbonyl (C=O) groups is 1. The maximum absolute atomic E-state index is 12.5. The fraction of sp³-hybridized carbons (Fsp3) is 0.133. The maximum Gasteiger partial charge on any atom is 0.339 e. The van der Waals surface area contributed by atoms with Gasteiger partial charge in [-0.3, -0.25) is 4.72 Å². The summed E-state index contributed by atoms with van der Waals surface area (Å²) in [6, 6.07) is 12.9. The van der Waals surface area contributed by atoms with Crippen LogP contribution >= 0.6 is 11.8 Å². The number of sulfonamides is 1. The van der Waals surface area contributed by atoms with Crippen molar-refractivity contribution in [2.75, 3.05) is 18.1 Å². The van der Waals surface area contributed by atoms with E-state index in [2.05, 4.69) is 9.46 Å². The molecule has 0 fully saturated rings. The van der Waals surface area contributed by atoms with Crippen LogP contribution in [0.15, 0.2) is 58.3 Å². The van der Waals surface area contributed by atoms with Gasteiger partial charge in [-0.15, -0.1) is 11.8 Å². The highest BCUT2D eigenvalue weighted by atomic mass is 32.2. The van der Waals surface area contributed by atoms with Crippen LogP contribution in [-0.4, -0.2) is 27.8 Å². The van der Waals surface area contributed by atoms with Crippen LogP contribution in [0.5, 0.6) is 0 Å². The first kappa shape index (κ1) is 16.4. The quantitative estimate of drug-likeness (QED) is 0.671. The third-order valence-corrected chi connectivity index (χ3v) is 5.07. The Bertz CT molecular complexity index is 788. The third kappa shape index (κ3) is 3.61. The SMILES string of the molecule is COC(=O)c1ccccc1S(=O)(=O)Nc1cccc(SC)c1. The topological polar surface area (TPSA) is 72.5 Å². The molecule has 0 unspecified atom stereocenters. The molecule has 0 radical (unpaired) electrons. The van der Waals surface area contributed by atoms with Crippen molar-refractivity contribution in [1.29, 1.82) is 0 Å². The fourth-order valence-corrected chi connectivity index (χ4v) is 3.58. The number of thioether (sulfide) groups is 1. The van der Waals surface area contributed by atoms with Gasteiger partial charge in [0.15, 0.2) is 0 Å². The lowest BCUT2D eigenvalue weighted by molar-refractivity contribution is 0.0596. The molecule has 0 aliphatic rings. The second kappa shape index (κ2) is 6.85. The van der Waals surface area contributed by atoms with Crippen molar-refractivity contribution in [2.45, 2.75) is 9.79 Å². The van der Waals surface area contributed by atoms with E-state index in [9.17, 15) is 13.2 Å². The number of hydrogen-bond donors (Lipinski definition) is 1. The van der Waals surface area contributed by atoms with Crippen LogP contribution in [0.2, 0.25) is 0 Å². The summed E-state index contributed by atoms with van der Waals surface area (Å²) in [7, 11) is -2.67. The normalized spacial score (nSPS) is 11.0. The fourth-order valence-electron chi connectivity index (χ4n) is 1.88. The zero-order chi connectivity index (χ0) is 16.2. The number of rotatable bonds is 5. The lowest BCUT2D eigenvalue weighted by Crippen LogP contribution is -2.17. The molecule has 0 aliphatic carbocycles. The molecule has 0 aromatic heterocycles. The molecule has 0 spiro atoms. The van der Waals surface area contributed by atoms with Gasteiger partial charge in [0.25, 0.3) is 10.0 Å². The molecule has 2 aromatic carbocycles. The molecule has 7 heteroatoms. The summed E-state index contributed by atoms with van der Waals surface area (Å²) in [5.41, 5.74) is 0.435. The molecule has 2 aromatic rings. The summed E-state index contributed by atoms with van der Waals surface area (Å²) < 4.78 is 32.1. The Hall–Kier alpha value is -1.99. The van der Waals surface area contributed by atoms with Crippen molar-refractivity contribution in [3.63, 3.8) is 0 Å². The van der Waals surface area contributed by atoms with E-state index < -0.39 is 16.0 Å². The monoisotopic (exact) mass is 337 g/mol. The standard InChI is InChI=1S/C15H15NO4S2/c1-20-15(17)13-8-3-4-9-14(13)22(18,19)16-11-6-5-7-12(10-11)21-2/h3-10,16H,1-2H3. The van der Waals surface area contributed by atoms with Crippen LogP contribution in [0.3, 0.4) is 0 Å². The van der Waals surface area contributed by atoms with Gasteiger partial charge in [-0.2, -0.15) is 0 Å². The van der Waals surface area contributed by atoms with Crippen LogP contribution in [0, 0.1) is 0 Å². The van der Waals surface area contributed by atoms with Gasteiger partial charge in [0.2, 0.25) is 0 Å². The number of esters is 1. The molecule has 0 atom stereocenters. The minimum atomic E-state index is -3.88. The van der Waals surface area contributed by atoms with Gasteiger partial charge in [0.1, 0.15) is 4.90 Å². The molecule has 0 amide bonds. The Morgan fingerprint density at radius 1 is 1.14 bits per heavy atom. The predicted octanol–water partition coefficient (Wildman–Crippen LogP) is 3.00. The van der Waals surface area contributed by atoms with Gasteiger partial charge >= 0.3 is 5.97 Å². The van der Waals surface area contributed by atoms with Crippen molar-refractivity contribution in [3.8, 4) is 0 Å². The predicted molar refractivity (Wildman–Crippen MR) is 86.8 cm³/mol. The second-order valence-corrected chi connectivity index (χ2v) is 6.86. The lowest BCUT2D eigenvalue weighted by Gasteiger charge is -2.11. The molecule has 22 heavy (non-hydrogen) atoms. The maximum atomic E-state index is 12.5. The Labute approximate surface area is 133 Å². The van der Waals surface area contributed by atoms with Crippen molar-refractivity contribution < 1.29 is 17.9 Å². The number of hydrogen-bond acceptors (Lipinski definition) is 5. The molecule has 0 saturated carbocycles. The Kier molecular flexibility index (Phi) is 5.10. The minimum Gasteiger partial charge on any atom is -0.465 e. The number of anilines is 1. The highest BCUT2D eigenvalue weighted by molar-refractivity contribution is 7.98. The van der Waals surface area contributed by atoms with E-state index in [1.165, 1.54) is 31.0 Å². The molecule has 2 rings (SSSR count). The van der Waals surface area contributed by atoms with Gasteiger partial charge in [-0.25, -0.2) is 13.2 Å². The first-order valence-electron chi connectivity index (χ1n) is 6.32. The summed E-state index contributed by atoms with van der Waals surface area (Å²) in [5, 5.41) is 0. The highest BCUT2D eigenvalue weighted by Gasteiger charge is 2.22. The van der Waals surface area contributed by atoms with Crippen molar-refractivity contribution >= 4 is 33.4 Å². The number of nitrogens with one attached hydrogen (secondary N) is 1. The third-order valence-electron chi connectivity index (χ3n) is 2.90. The van der Waals surface area contributed by atoms with E-state index in [-0.39, 0.29) is 10.5 Å². The first-order chi connectivity index (χ1) is 10.5. The second-order valence-electron chi connectivity index (χ2n) is 4.33. The minimum absolute atomic E-state index is 0.00137.